The van der Waals surface area contributed by atoms with Gasteiger partial charge >= 0.3 is 0 Å². The van der Waals surface area contributed by atoms with E-state index in [0.717, 1.165) is 23.3 Å². The number of benzene rings is 1. The molecule has 2 rings (SSSR count). The molecule has 2 aromatic rings. The van der Waals surface area contributed by atoms with E-state index in [4.69, 9.17) is 4.74 Å². The zero-order chi connectivity index (χ0) is 13.5. The second-order valence-corrected chi connectivity index (χ2v) is 4.47. The molecule has 0 radical (unpaired) electrons. The molecule has 19 heavy (non-hydrogen) atoms. The van der Waals surface area contributed by atoms with Crippen LogP contribution in [0.25, 0.3) is 0 Å². The van der Waals surface area contributed by atoms with Gasteiger partial charge in [-0.05, 0) is 24.1 Å². The molecule has 1 heterocycles. The summed E-state index contributed by atoms with van der Waals surface area (Å²) in [7, 11) is 0. The highest BCUT2D eigenvalue weighted by Crippen LogP contribution is 2.27. The molecule has 1 N–H and O–H groups in total. The van der Waals surface area contributed by atoms with E-state index in [1.54, 1.807) is 12.4 Å². The molecule has 3 heteroatoms. The summed E-state index contributed by atoms with van der Waals surface area (Å²) < 4.78 is 5.67. The summed E-state index contributed by atoms with van der Waals surface area (Å²) in [5, 5.41) is 10.3. The standard InChI is InChI=1S/C16H19NO2/c1-2-10-19-16-8-4-3-7-14(16)15(18)11-13-6-5-9-17-12-13/h3-9,12,15,18H,2,10-11H2,1H3. The van der Waals surface area contributed by atoms with Gasteiger partial charge in [-0.2, -0.15) is 0 Å². The summed E-state index contributed by atoms with van der Waals surface area (Å²) in [5.41, 5.74) is 1.85. The van der Waals surface area contributed by atoms with Crippen LogP contribution >= 0.6 is 0 Å². The van der Waals surface area contributed by atoms with Crippen LogP contribution in [0.2, 0.25) is 0 Å². The molecule has 0 fully saturated rings. The van der Waals surface area contributed by atoms with Crippen LogP contribution in [-0.4, -0.2) is 16.7 Å². The Kier molecular flexibility index (Phi) is 4.93. The Morgan fingerprint density at radius 3 is 2.79 bits per heavy atom. The van der Waals surface area contributed by atoms with Crippen LogP contribution in [0.3, 0.4) is 0 Å². The van der Waals surface area contributed by atoms with Gasteiger partial charge in [0, 0.05) is 24.4 Å². The summed E-state index contributed by atoms with van der Waals surface area (Å²) in [6.07, 6.45) is 4.43. The topological polar surface area (TPSA) is 42.4 Å². The van der Waals surface area contributed by atoms with Crippen molar-refractivity contribution in [1.29, 1.82) is 0 Å². The SMILES string of the molecule is CCCOc1ccccc1C(O)Cc1cccnc1. The Bertz CT molecular complexity index is 499. The zero-order valence-corrected chi connectivity index (χ0v) is 11.1. The molecule has 1 aromatic heterocycles. The van der Waals surface area contributed by atoms with Gasteiger partial charge < -0.3 is 9.84 Å². The van der Waals surface area contributed by atoms with Gasteiger partial charge in [-0.1, -0.05) is 31.2 Å². The first kappa shape index (κ1) is 13.6. The highest BCUT2D eigenvalue weighted by Gasteiger charge is 2.13. The summed E-state index contributed by atoms with van der Waals surface area (Å²) in [6.45, 7) is 2.73. The van der Waals surface area contributed by atoms with Crippen LogP contribution in [0, 0.1) is 0 Å². The lowest BCUT2D eigenvalue weighted by Crippen LogP contribution is -2.06. The third-order valence-electron chi connectivity index (χ3n) is 2.89. The number of aliphatic hydroxyl groups excluding tert-OH is 1. The quantitative estimate of drug-likeness (QED) is 0.864. The van der Waals surface area contributed by atoms with Crippen molar-refractivity contribution in [2.75, 3.05) is 6.61 Å². The van der Waals surface area contributed by atoms with Crippen molar-refractivity contribution < 1.29 is 9.84 Å². The largest absolute Gasteiger partial charge is 0.493 e. The average molecular weight is 257 g/mol. The lowest BCUT2D eigenvalue weighted by atomic mass is 10.0. The monoisotopic (exact) mass is 257 g/mol. The Balaban J connectivity index is 2.12. The van der Waals surface area contributed by atoms with E-state index in [1.807, 2.05) is 36.4 Å². The molecule has 0 aliphatic heterocycles. The van der Waals surface area contributed by atoms with E-state index < -0.39 is 6.10 Å². The first-order valence-electron chi connectivity index (χ1n) is 6.60. The Morgan fingerprint density at radius 1 is 1.21 bits per heavy atom. The second-order valence-electron chi connectivity index (χ2n) is 4.47. The second kappa shape index (κ2) is 6.90. The van der Waals surface area contributed by atoms with Crippen LogP contribution in [-0.2, 0) is 6.42 Å². The molecule has 0 amide bonds. The molecule has 100 valence electrons. The van der Waals surface area contributed by atoms with Crippen molar-refractivity contribution in [2.24, 2.45) is 0 Å². The predicted molar refractivity (Wildman–Crippen MR) is 75.1 cm³/mol. The maximum atomic E-state index is 10.3. The van der Waals surface area contributed by atoms with Crippen LogP contribution in [0.4, 0.5) is 0 Å². The molecule has 1 aromatic carbocycles. The summed E-state index contributed by atoms with van der Waals surface area (Å²) in [4.78, 5) is 4.06. The predicted octanol–water partition coefficient (Wildman–Crippen LogP) is 3.15. The number of para-hydroxylation sites is 1. The van der Waals surface area contributed by atoms with Crippen molar-refractivity contribution in [3.63, 3.8) is 0 Å². The fourth-order valence-electron chi connectivity index (χ4n) is 1.95. The summed E-state index contributed by atoms with van der Waals surface area (Å²) in [6, 6.07) is 11.5. The van der Waals surface area contributed by atoms with Crippen LogP contribution in [0.1, 0.15) is 30.6 Å². The van der Waals surface area contributed by atoms with Crippen molar-refractivity contribution in [3.05, 3.63) is 59.9 Å². The van der Waals surface area contributed by atoms with Gasteiger partial charge in [0.15, 0.2) is 0 Å². The van der Waals surface area contributed by atoms with E-state index in [2.05, 4.69) is 11.9 Å². The molecule has 0 saturated heterocycles. The first-order valence-corrected chi connectivity index (χ1v) is 6.60. The average Bonchev–Trinajstić information content (AvgIpc) is 2.46. The van der Waals surface area contributed by atoms with Crippen molar-refractivity contribution in [1.82, 2.24) is 4.98 Å². The van der Waals surface area contributed by atoms with Gasteiger partial charge in [-0.25, -0.2) is 0 Å². The van der Waals surface area contributed by atoms with E-state index in [1.165, 1.54) is 0 Å². The molecule has 0 aliphatic rings. The van der Waals surface area contributed by atoms with Crippen molar-refractivity contribution >= 4 is 0 Å². The Labute approximate surface area is 113 Å². The zero-order valence-electron chi connectivity index (χ0n) is 11.1. The molecule has 0 bridgehead atoms. The van der Waals surface area contributed by atoms with Crippen molar-refractivity contribution in [3.8, 4) is 5.75 Å². The summed E-state index contributed by atoms with van der Waals surface area (Å²) in [5.74, 6) is 0.765. The molecule has 1 unspecified atom stereocenters. The van der Waals surface area contributed by atoms with E-state index in [-0.39, 0.29) is 0 Å². The molecule has 1 atom stereocenters. The Hall–Kier alpha value is -1.87. The van der Waals surface area contributed by atoms with Crippen LogP contribution in [0.15, 0.2) is 48.8 Å². The van der Waals surface area contributed by atoms with E-state index >= 15 is 0 Å². The van der Waals surface area contributed by atoms with Gasteiger partial charge in [0.25, 0.3) is 0 Å². The summed E-state index contributed by atoms with van der Waals surface area (Å²) >= 11 is 0. The molecular weight excluding hydrogens is 238 g/mol. The number of pyridine rings is 1. The normalized spacial score (nSPS) is 12.1. The van der Waals surface area contributed by atoms with E-state index in [0.29, 0.717) is 13.0 Å². The first-order chi connectivity index (χ1) is 9.31. The van der Waals surface area contributed by atoms with Crippen LogP contribution < -0.4 is 4.74 Å². The number of nitrogens with zero attached hydrogens (tertiary/aromatic N) is 1. The highest BCUT2D eigenvalue weighted by atomic mass is 16.5. The maximum absolute atomic E-state index is 10.3. The lowest BCUT2D eigenvalue weighted by molar-refractivity contribution is 0.171. The minimum absolute atomic E-state index is 0.542. The number of aliphatic hydroxyl groups is 1. The lowest BCUT2D eigenvalue weighted by Gasteiger charge is -2.16. The third kappa shape index (κ3) is 3.80. The van der Waals surface area contributed by atoms with Gasteiger partial charge in [-0.15, -0.1) is 0 Å². The van der Waals surface area contributed by atoms with Gasteiger partial charge in [0.05, 0.1) is 12.7 Å². The smallest absolute Gasteiger partial charge is 0.125 e. The highest BCUT2D eigenvalue weighted by molar-refractivity contribution is 5.35. The van der Waals surface area contributed by atoms with Gasteiger partial charge in [-0.3, -0.25) is 4.98 Å². The van der Waals surface area contributed by atoms with Crippen molar-refractivity contribution in [2.45, 2.75) is 25.9 Å². The molecular formula is C16H19NO2. The number of ether oxygens (including phenoxy) is 1. The minimum Gasteiger partial charge on any atom is -0.493 e. The molecule has 0 saturated carbocycles. The third-order valence-corrected chi connectivity index (χ3v) is 2.89. The fourth-order valence-corrected chi connectivity index (χ4v) is 1.95. The fraction of sp³-hybridized carbons (Fsp3) is 0.312. The molecule has 3 nitrogen and oxygen atoms in total. The number of hydrogen-bond acceptors (Lipinski definition) is 3. The Morgan fingerprint density at radius 2 is 2.05 bits per heavy atom. The van der Waals surface area contributed by atoms with Gasteiger partial charge in [0.1, 0.15) is 5.75 Å². The number of aromatic nitrogens is 1. The maximum Gasteiger partial charge on any atom is 0.125 e. The van der Waals surface area contributed by atoms with Gasteiger partial charge in [0.2, 0.25) is 0 Å². The number of rotatable bonds is 6. The van der Waals surface area contributed by atoms with E-state index in [9.17, 15) is 5.11 Å². The molecule has 0 aliphatic carbocycles. The number of hydrogen-bond donors (Lipinski definition) is 1. The minimum atomic E-state index is -0.572. The van der Waals surface area contributed by atoms with Crippen LogP contribution in [0.5, 0.6) is 5.75 Å². The molecule has 0 spiro atoms.